The third-order valence-corrected chi connectivity index (χ3v) is 2.32. The van der Waals surface area contributed by atoms with Gasteiger partial charge in [-0.05, 0) is 24.1 Å². The molecule has 0 radical (unpaired) electrons. The Morgan fingerprint density at radius 2 is 2.27 bits per heavy atom. The number of methoxy groups -OCH3 is 1. The number of hydrogen-bond donors (Lipinski definition) is 0. The molecule has 0 aliphatic carbocycles. The molecule has 1 heterocycles. The Bertz CT molecular complexity index is 450. The summed E-state index contributed by atoms with van der Waals surface area (Å²) in [4.78, 5) is 0. The van der Waals surface area contributed by atoms with Gasteiger partial charge in [0.25, 0.3) is 0 Å². The molecule has 4 nitrogen and oxygen atoms in total. The highest BCUT2D eigenvalue weighted by atomic mass is 16.5. The summed E-state index contributed by atoms with van der Waals surface area (Å²) in [7, 11) is 1.69. The Morgan fingerprint density at radius 1 is 1.40 bits per heavy atom. The van der Waals surface area contributed by atoms with Crippen LogP contribution in [0.15, 0.2) is 18.2 Å². The van der Waals surface area contributed by atoms with Crippen LogP contribution in [0.25, 0.3) is 11.0 Å². The Labute approximate surface area is 88.8 Å². The summed E-state index contributed by atoms with van der Waals surface area (Å²) in [6.07, 6.45) is 1.07. The SMILES string of the molecule is CCCn1nnc2cc(COC)ccc21. The van der Waals surface area contributed by atoms with E-state index in [9.17, 15) is 0 Å². The summed E-state index contributed by atoms with van der Waals surface area (Å²) in [5.41, 5.74) is 3.17. The zero-order valence-electron chi connectivity index (χ0n) is 9.10. The molecular formula is C11H15N3O. The van der Waals surface area contributed by atoms with Gasteiger partial charge in [-0.3, -0.25) is 0 Å². The van der Waals surface area contributed by atoms with Gasteiger partial charge in [0.2, 0.25) is 0 Å². The zero-order chi connectivity index (χ0) is 10.7. The third kappa shape index (κ3) is 1.99. The van der Waals surface area contributed by atoms with Crippen LogP contribution in [0.4, 0.5) is 0 Å². The fraction of sp³-hybridized carbons (Fsp3) is 0.455. The molecule has 15 heavy (non-hydrogen) atoms. The average Bonchev–Trinajstić information content (AvgIpc) is 2.62. The van der Waals surface area contributed by atoms with Gasteiger partial charge in [-0.1, -0.05) is 18.2 Å². The van der Waals surface area contributed by atoms with E-state index in [0.29, 0.717) is 6.61 Å². The first-order valence-electron chi connectivity index (χ1n) is 5.16. The molecule has 1 aromatic carbocycles. The topological polar surface area (TPSA) is 39.9 Å². The fourth-order valence-corrected chi connectivity index (χ4v) is 1.65. The molecule has 0 saturated carbocycles. The van der Waals surface area contributed by atoms with Gasteiger partial charge in [-0.2, -0.15) is 0 Å². The predicted octanol–water partition coefficient (Wildman–Crippen LogP) is 1.99. The highest BCUT2D eigenvalue weighted by molar-refractivity contribution is 5.74. The van der Waals surface area contributed by atoms with Crippen LogP contribution in [0.1, 0.15) is 18.9 Å². The first-order valence-corrected chi connectivity index (χ1v) is 5.16. The highest BCUT2D eigenvalue weighted by Crippen LogP contribution is 2.14. The van der Waals surface area contributed by atoms with Crippen LogP contribution in [0.3, 0.4) is 0 Å². The van der Waals surface area contributed by atoms with Crippen molar-refractivity contribution in [3.05, 3.63) is 23.8 Å². The van der Waals surface area contributed by atoms with E-state index in [1.165, 1.54) is 0 Å². The predicted molar refractivity (Wildman–Crippen MR) is 58.5 cm³/mol. The van der Waals surface area contributed by atoms with Gasteiger partial charge in [0.05, 0.1) is 12.1 Å². The zero-order valence-corrected chi connectivity index (χ0v) is 9.10. The first-order chi connectivity index (χ1) is 7.35. The summed E-state index contributed by atoms with van der Waals surface area (Å²) >= 11 is 0. The van der Waals surface area contributed by atoms with Gasteiger partial charge in [0.15, 0.2) is 0 Å². The Balaban J connectivity index is 2.38. The molecule has 2 aromatic rings. The van der Waals surface area contributed by atoms with Crippen molar-refractivity contribution in [2.45, 2.75) is 26.5 Å². The second-order valence-corrected chi connectivity index (χ2v) is 3.57. The molecule has 0 aliphatic heterocycles. The smallest absolute Gasteiger partial charge is 0.113 e. The fourth-order valence-electron chi connectivity index (χ4n) is 1.65. The Morgan fingerprint density at radius 3 is 3.00 bits per heavy atom. The number of aryl methyl sites for hydroxylation is 1. The number of benzene rings is 1. The van der Waals surface area contributed by atoms with Gasteiger partial charge in [-0.25, -0.2) is 4.68 Å². The van der Waals surface area contributed by atoms with Crippen molar-refractivity contribution in [2.75, 3.05) is 7.11 Å². The summed E-state index contributed by atoms with van der Waals surface area (Å²) in [6, 6.07) is 6.14. The van der Waals surface area contributed by atoms with Crippen LogP contribution in [0.5, 0.6) is 0 Å². The molecule has 0 bridgehead atoms. The van der Waals surface area contributed by atoms with Crippen molar-refractivity contribution >= 4 is 11.0 Å². The van der Waals surface area contributed by atoms with Crippen LogP contribution >= 0.6 is 0 Å². The van der Waals surface area contributed by atoms with Gasteiger partial charge >= 0.3 is 0 Å². The first kappa shape index (κ1) is 10.1. The molecule has 0 unspecified atom stereocenters. The van der Waals surface area contributed by atoms with E-state index in [2.05, 4.69) is 29.4 Å². The number of aromatic nitrogens is 3. The lowest BCUT2D eigenvalue weighted by molar-refractivity contribution is 0.185. The largest absolute Gasteiger partial charge is 0.380 e. The molecule has 0 N–H and O–H groups in total. The monoisotopic (exact) mass is 205 g/mol. The normalized spacial score (nSPS) is 11.1. The van der Waals surface area contributed by atoms with Crippen LogP contribution < -0.4 is 0 Å². The van der Waals surface area contributed by atoms with Gasteiger partial charge in [0.1, 0.15) is 5.52 Å². The van der Waals surface area contributed by atoms with E-state index < -0.39 is 0 Å². The molecule has 0 aliphatic rings. The molecule has 4 heteroatoms. The van der Waals surface area contributed by atoms with Crippen LogP contribution in [0, 0.1) is 0 Å². The summed E-state index contributed by atoms with van der Waals surface area (Å²) in [5, 5.41) is 8.25. The van der Waals surface area contributed by atoms with Crippen LogP contribution in [-0.4, -0.2) is 22.1 Å². The second kappa shape index (κ2) is 4.40. The number of hydrogen-bond acceptors (Lipinski definition) is 3. The molecule has 0 atom stereocenters. The van der Waals surface area contributed by atoms with Gasteiger partial charge in [0, 0.05) is 13.7 Å². The molecular weight excluding hydrogens is 190 g/mol. The van der Waals surface area contributed by atoms with E-state index in [1.54, 1.807) is 7.11 Å². The molecule has 2 rings (SSSR count). The number of rotatable bonds is 4. The van der Waals surface area contributed by atoms with E-state index in [4.69, 9.17) is 4.74 Å². The quantitative estimate of drug-likeness (QED) is 0.766. The van der Waals surface area contributed by atoms with Crippen molar-refractivity contribution in [3.8, 4) is 0 Å². The highest BCUT2D eigenvalue weighted by Gasteiger charge is 2.04. The summed E-state index contributed by atoms with van der Waals surface area (Å²) < 4.78 is 7.01. The second-order valence-electron chi connectivity index (χ2n) is 3.57. The van der Waals surface area contributed by atoms with Gasteiger partial charge in [-0.15, -0.1) is 5.10 Å². The van der Waals surface area contributed by atoms with Crippen molar-refractivity contribution in [1.29, 1.82) is 0 Å². The molecule has 1 aromatic heterocycles. The minimum absolute atomic E-state index is 0.622. The van der Waals surface area contributed by atoms with E-state index >= 15 is 0 Å². The molecule has 0 amide bonds. The lowest BCUT2D eigenvalue weighted by Gasteiger charge is -2.00. The lowest BCUT2D eigenvalue weighted by Crippen LogP contribution is -1.98. The van der Waals surface area contributed by atoms with Crippen molar-refractivity contribution in [3.63, 3.8) is 0 Å². The Hall–Kier alpha value is -1.42. The standard InChI is InChI=1S/C11H15N3O/c1-3-6-14-11-5-4-9(8-15-2)7-10(11)12-13-14/h4-5,7H,3,6,8H2,1-2H3. The lowest BCUT2D eigenvalue weighted by atomic mass is 10.2. The maximum absolute atomic E-state index is 5.08. The van der Waals surface area contributed by atoms with Crippen molar-refractivity contribution in [2.24, 2.45) is 0 Å². The minimum Gasteiger partial charge on any atom is -0.380 e. The van der Waals surface area contributed by atoms with Crippen LogP contribution in [-0.2, 0) is 17.9 Å². The average molecular weight is 205 g/mol. The van der Waals surface area contributed by atoms with E-state index in [-0.39, 0.29) is 0 Å². The molecule has 0 spiro atoms. The van der Waals surface area contributed by atoms with Gasteiger partial charge < -0.3 is 4.74 Å². The van der Waals surface area contributed by atoms with E-state index in [0.717, 1.165) is 29.6 Å². The maximum atomic E-state index is 5.08. The van der Waals surface area contributed by atoms with Crippen molar-refractivity contribution in [1.82, 2.24) is 15.0 Å². The minimum atomic E-state index is 0.622. The third-order valence-electron chi connectivity index (χ3n) is 2.32. The molecule has 80 valence electrons. The summed E-state index contributed by atoms with van der Waals surface area (Å²) in [5.74, 6) is 0. The number of nitrogens with zero attached hydrogens (tertiary/aromatic N) is 3. The molecule has 0 fully saturated rings. The Kier molecular flexibility index (Phi) is 2.97. The molecule has 0 saturated heterocycles. The number of fused-ring (bicyclic) bond motifs is 1. The number of ether oxygens (including phenoxy) is 1. The van der Waals surface area contributed by atoms with Crippen LogP contribution in [0.2, 0.25) is 0 Å². The van der Waals surface area contributed by atoms with E-state index in [1.807, 2.05) is 10.7 Å². The maximum Gasteiger partial charge on any atom is 0.113 e. The van der Waals surface area contributed by atoms with Crippen molar-refractivity contribution < 1.29 is 4.74 Å². The summed E-state index contributed by atoms with van der Waals surface area (Å²) in [6.45, 7) is 3.67.